The van der Waals surface area contributed by atoms with Crippen LogP contribution in [0.4, 0.5) is 5.69 Å². The number of anilines is 1. The molecule has 1 N–H and O–H groups in total. The largest absolute Gasteiger partial charge is 0.325 e. The Bertz CT molecular complexity index is 996. The number of rotatable bonds is 7. The number of thiophene rings is 1. The van der Waals surface area contributed by atoms with E-state index in [1.807, 2.05) is 25.1 Å². The Labute approximate surface area is 178 Å². The molecule has 0 saturated carbocycles. The highest BCUT2D eigenvalue weighted by Gasteiger charge is 2.18. The van der Waals surface area contributed by atoms with Gasteiger partial charge in [0.1, 0.15) is 0 Å². The Kier molecular flexibility index (Phi) is 6.80. The molecule has 2 aromatic heterocycles. The molecule has 0 spiro atoms. The molecular formula is C20H23ClN4OS2. The maximum Gasteiger partial charge on any atom is 0.234 e. The first kappa shape index (κ1) is 20.9. The van der Waals surface area contributed by atoms with Gasteiger partial charge in [0.15, 0.2) is 11.0 Å². The van der Waals surface area contributed by atoms with Crippen LogP contribution in [0.25, 0.3) is 11.4 Å². The molecule has 28 heavy (non-hydrogen) atoms. The highest BCUT2D eigenvalue weighted by molar-refractivity contribution is 7.99. The van der Waals surface area contributed by atoms with Gasteiger partial charge in [0.05, 0.1) is 5.75 Å². The van der Waals surface area contributed by atoms with Crippen molar-refractivity contribution >= 4 is 46.3 Å². The van der Waals surface area contributed by atoms with Gasteiger partial charge in [-0.1, -0.05) is 36.4 Å². The van der Waals surface area contributed by atoms with Crippen molar-refractivity contribution < 1.29 is 4.79 Å². The van der Waals surface area contributed by atoms with Crippen LogP contribution in [0.1, 0.15) is 29.3 Å². The molecule has 1 aromatic carbocycles. The van der Waals surface area contributed by atoms with E-state index >= 15 is 0 Å². The van der Waals surface area contributed by atoms with Crippen molar-refractivity contribution in [2.75, 3.05) is 11.1 Å². The van der Waals surface area contributed by atoms with Crippen molar-refractivity contribution in [3.8, 4) is 11.4 Å². The molecule has 0 aliphatic heterocycles. The number of benzene rings is 1. The molecule has 0 bridgehead atoms. The first-order chi connectivity index (χ1) is 13.4. The smallest absolute Gasteiger partial charge is 0.234 e. The average molecular weight is 435 g/mol. The fourth-order valence-corrected chi connectivity index (χ4v) is 4.62. The highest BCUT2D eigenvalue weighted by atomic mass is 35.5. The van der Waals surface area contributed by atoms with Gasteiger partial charge in [-0.25, -0.2) is 0 Å². The zero-order valence-electron chi connectivity index (χ0n) is 16.4. The highest BCUT2D eigenvalue weighted by Crippen LogP contribution is 2.32. The lowest BCUT2D eigenvalue weighted by atomic mass is 10.1. The first-order valence-electron chi connectivity index (χ1n) is 9.08. The number of aromatic nitrogens is 3. The van der Waals surface area contributed by atoms with Crippen LogP contribution < -0.4 is 5.32 Å². The number of hydrogen-bond donors (Lipinski definition) is 1. The second kappa shape index (κ2) is 9.11. The topological polar surface area (TPSA) is 59.8 Å². The summed E-state index contributed by atoms with van der Waals surface area (Å²) in [6, 6.07) is 5.49. The van der Waals surface area contributed by atoms with E-state index in [9.17, 15) is 4.79 Å². The van der Waals surface area contributed by atoms with Gasteiger partial charge >= 0.3 is 0 Å². The van der Waals surface area contributed by atoms with E-state index in [1.165, 1.54) is 22.2 Å². The van der Waals surface area contributed by atoms with Gasteiger partial charge < -0.3 is 9.88 Å². The third-order valence-electron chi connectivity index (χ3n) is 4.56. The molecule has 3 rings (SSSR count). The zero-order chi connectivity index (χ0) is 20.3. The number of thioether (sulfide) groups is 1. The summed E-state index contributed by atoms with van der Waals surface area (Å²) in [5, 5.41) is 15.2. The van der Waals surface area contributed by atoms with Gasteiger partial charge in [0, 0.05) is 33.1 Å². The van der Waals surface area contributed by atoms with Crippen molar-refractivity contribution in [3.05, 3.63) is 44.6 Å². The van der Waals surface area contributed by atoms with Crippen LogP contribution in [0.15, 0.2) is 28.7 Å². The van der Waals surface area contributed by atoms with Crippen LogP contribution in [0, 0.1) is 20.8 Å². The summed E-state index contributed by atoms with van der Waals surface area (Å²) >= 11 is 9.25. The molecule has 0 unspecified atom stereocenters. The van der Waals surface area contributed by atoms with E-state index in [0.29, 0.717) is 5.02 Å². The van der Waals surface area contributed by atoms with Gasteiger partial charge in [-0.3, -0.25) is 4.79 Å². The summed E-state index contributed by atoms with van der Waals surface area (Å²) in [6.45, 7) is 9.05. The number of hydrogen-bond acceptors (Lipinski definition) is 5. The number of carbonyl (C=O) groups excluding carboxylic acids is 1. The SMILES string of the molecule is CCCn1c(SCC(=O)Nc2cccc(Cl)c2C)nnc1-c1csc(C)c1C. The van der Waals surface area contributed by atoms with Gasteiger partial charge in [-0.05, 0) is 50.5 Å². The molecule has 2 heterocycles. The summed E-state index contributed by atoms with van der Waals surface area (Å²) in [7, 11) is 0. The Morgan fingerprint density at radius 2 is 2.04 bits per heavy atom. The van der Waals surface area contributed by atoms with Gasteiger partial charge in [0.25, 0.3) is 0 Å². The number of carbonyl (C=O) groups is 1. The van der Waals surface area contributed by atoms with Crippen LogP contribution in [0.3, 0.4) is 0 Å². The second-order valence-corrected chi connectivity index (χ2v) is 8.97. The molecule has 1 amide bonds. The minimum Gasteiger partial charge on any atom is -0.325 e. The van der Waals surface area contributed by atoms with Gasteiger partial charge in [-0.2, -0.15) is 0 Å². The number of nitrogens with one attached hydrogen (secondary N) is 1. The number of aryl methyl sites for hydroxylation is 1. The summed E-state index contributed by atoms with van der Waals surface area (Å²) < 4.78 is 2.11. The number of nitrogens with zero attached hydrogens (tertiary/aromatic N) is 3. The van der Waals surface area contributed by atoms with E-state index in [4.69, 9.17) is 11.6 Å². The van der Waals surface area contributed by atoms with Crippen LogP contribution in [-0.2, 0) is 11.3 Å². The number of halogens is 1. The lowest BCUT2D eigenvalue weighted by Crippen LogP contribution is -2.15. The van der Waals surface area contributed by atoms with E-state index in [0.717, 1.165) is 40.8 Å². The summed E-state index contributed by atoms with van der Waals surface area (Å²) in [4.78, 5) is 13.7. The lowest BCUT2D eigenvalue weighted by molar-refractivity contribution is -0.113. The first-order valence-corrected chi connectivity index (χ1v) is 11.3. The van der Waals surface area contributed by atoms with E-state index in [1.54, 1.807) is 11.3 Å². The van der Waals surface area contributed by atoms with E-state index in [2.05, 4.69) is 46.2 Å². The normalized spacial score (nSPS) is 11.0. The molecule has 0 fully saturated rings. The molecule has 0 aliphatic carbocycles. The second-order valence-electron chi connectivity index (χ2n) is 6.54. The van der Waals surface area contributed by atoms with Crippen LogP contribution in [0.2, 0.25) is 5.02 Å². The molecule has 0 atom stereocenters. The van der Waals surface area contributed by atoms with E-state index in [-0.39, 0.29) is 11.7 Å². The fraction of sp³-hybridized carbons (Fsp3) is 0.350. The molecule has 148 valence electrons. The average Bonchev–Trinajstić information content (AvgIpc) is 3.21. The van der Waals surface area contributed by atoms with Crippen LogP contribution >= 0.6 is 34.7 Å². The summed E-state index contributed by atoms with van der Waals surface area (Å²) in [5.74, 6) is 1.04. The van der Waals surface area contributed by atoms with Gasteiger partial charge in [-0.15, -0.1) is 21.5 Å². The standard InChI is InChI=1S/C20H23ClN4OS2/c1-5-9-25-19(15-10-27-14(4)12(15)2)23-24-20(25)28-11-18(26)22-17-8-6-7-16(21)13(17)3/h6-8,10H,5,9,11H2,1-4H3,(H,22,26). The molecule has 3 aromatic rings. The third-order valence-corrected chi connectivity index (χ3v) is 6.95. The van der Waals surface area contributed by atoms with Crippen molar-refractivity contribution in [1.29, 1.82) is 0 Å². The molecule has 0 aliphatic rings. The number of amides is 1. The van der Waals surface area contributed by atoms with Crippen molar-refractivity contribution in [3.63, 3.8) is 0 Å². The summed E-state index contributed by atoms with van der Waals surface area (Å²) in [5.41, 5.74) is 3.95. The Hall–Kier alpha value is -1.83. The predicted octanol–water partition coefficient (Wildman–Crippen LogP) is 5.73. The quantitative estimate of drug-likeness (QED) is 0.482. The minimum absolute atomic E-state index is 0.0921. The van der Waals surface area contributed by atoms with Crippen LogP contribution in [-0.4, -0.2) is 26.4 Å². The van der Waals surface area contributed by atoms with E-state index < -0.39 is 0 Å². The van der Waals surface area contributed by atoms with Crippen molar-refractivity contribution in [1.82, 2.24) is 14.8 Å². The summed E-state index contributed by atoms with van der Waals surface area (Å²) in [6.07, 6.45) is 0.967. The molecule has 8 heteroatoms. The third kappa shape index (κ3) is 4.42. The predicted molar refractivity (Wildman–Crippen MR) is 119 cm³/mol. The molecule has 0 saturated heterocycles. The molecule has 0 radical (unpaired) electrons. The van der Waals surface area contributed by atoms with Crippen molar-refractivity contribution in [2.24, 2.45) is 0 Å². The van der Waals surface area contributed by atoms with Gasteiger partial charge in [0.2, 0.25) is 5.91 Å². The Morgan fingerprint density at radius 1 is 1.25 bits per heavy atom. The monoisotopic (exact) mass is 434 g/mol. The van der Waals surface area contributed by atoms with Crippen LogP contribution in [0.5, 0.6) is 0 Å². The Morgan fingerprint density at radius 3 is 2.71 bits per heavy atom. The fourth-order valence-electron chi connectivity index (χ4n) is 2.81. The zero-order valence-corrected chi connectivity index (χ0v) is 18.8. The Balaban J connectivity index is 1.74. The maximum atomic E-state index is 12.4. The lowest BCUT2D eigenvalue weighted by Gasteiger charge is -2.10. The van der Waals surface area contributed by atoms with Crippen molar-refractivity contribution in [2.45, 2.75) is 45.8 Å². The molecular weight excluding hydrogens is 412 g/mol. The molecule has 5 nitrogen and oxygen atoms in total. The minimum atomic E-state index is -0.0921. The maximum absolute atomic E-state index is 12.4.